The quantitative estimate of drug-likeness (QED) is 0.925. The molecule has 2 bridgehead atoms. The van der Waals surface area contributed by atoms with Crippen LogP contribution in [0.2, 0.25) is 0 Å². The molecule has 2 aliphatic rings. The van der Waals surface area contributed by atoms with Gasteiger partial charge in [-0.3, -0.25) is 4.90 Å². The summed E-state index contributed by atoms with van der Waals surface area (Å²) in [5.74, 6) is 0. The minimum Gasteiger partial charge on any atom is -0.379 e. The van der Waals surface area contributed by atoms with Crippen molar-refractivity contribution in [3.05, 3.63) is 71.8 Å². The van der Waals surface area contributed by atoms with Gasteiger partial charge in [0, 0.05) is 18.6 Å². The minimum atomic E-state index is -0.930. The van der Waals surface area contributed by atoms with Crippen LogP contribution in [-0.2, 0) is 5.60 Å². The SMILES string of the molecule is OC(CN1C2CCCC1CC2)(c1ccccc1)c1ccccc1. The van der Waals surface area contributed by atoms with Crippen molar-refractivity contribution >= 4 is 0 Å². The van der Waals surface area contributed by atoms with Crippen LogP contribution in [0.4, 0.5) is 0 Å². The predicted octanol–water partition coefficient (Wildman–Crippen LogP) is 3.94. The first-order valence-corrected chi connectivity index (χ1v) is 8.86. The van der Waals surface area contributed by atoms with Crippen LogP contribution in [0.1, 0.15) is 43.2 Å². The maximum Gasteiger partial charge on any atom is 0.127 e. The smallest absolute Gasteiger partial charge is 0.127 e. The lowest BCUT2D eigenvalue weighted by molar-refractivity contribution is 0.00524. The minimum absolute atomic E-state index is 0.660. The van der Waals surface area contributed by atoms with Crippen molar-refractivity contribution in [1.82, 2.24) is 4.90 Å². The lowest BCUT2D eigenvalue weighted by Gasteiger charge is -2.41. The van der Waals surface area contributed by atoms with Gasteiger partial charge in [0.15, 0.2) is 0 Å². The zero-order chi connectivity index (χ0) is 15.7. The van der Waals surface area contributed by atoms with Gasteiger partial charge in [-0.05, 0) is 36.8 Å². The van der Waals surface area contributed by atoms with Crippen LogP contribution in [0.25, 0.3) is 0 Å². The maximum absolute atomic E-state index is 11.7. The molecule has 1 N–H and O–H groups in total. The van der Waals surface area contributed by atoms with Crippen LogP contribution < -0.4 is 0 Å². The Morgan fingerprint density at radius 2 is 1.26 bits per heavy atom. The maximum atomic E-state index is 11.7. The fourth-order valence-electron chi connectivity index (χ4n) is 4.52. The summed E-state index contributed by atoms with van der Waals surface area (Å²) in [4.78, 5) is 2.59. The van der Waals surface area contributed by atoms with E-state index < -0.39 is 5.60 Å². The number of benzene rings is 2. The molecule has 4 rings (SSSR count). The molecule has 2 nitrogen and oxygen atoms in total. The topological polar surface area (TPSA) is 23.5 Å². The van der Waals surface area contributed by atoms with Crippen molar-refractivity contribution in [1.29, 1.82) is 0 Å². The van der Waals surface area contributed by atoms with Crippen LogP contribution in [0.15, 0.2) is 60.7 Å². The van der Waals surface area contributed by atoms with Gasteiger partial charge < -0.3 is 5.11 Å². The van der Waals surface area contributed by atoms with Crippen LogP contribution in [0.5, 0.6) is 0 Å². The molecule has 0 spiro atoms. The highest BCUT2D eigenvalue weighted by Crippen LogP contribution is 2.40. The molecular weight excluding hydrogens is 282 g/mol. The second kappa shape index (κ2) is 6.10. The first-order chi connectivity index (χ1) is 11.3. The average Bonchev–Trinajstić information content (AvgIpc) is 2.83. The summed E-state index contributed by atoms with van der Waals surface area (Å²) < 4.78 is 0. The molecule has 2 heteroatoms. The second-order valence-electron chi connectivity index (χ2n) is 7.08. The van der Waals surface area contributed by atoms with Crippen LogP contribution in [0.3, 0.4) is 0 Å². The molecule has 2 atom stereocenters. The molecule has 2 aromatic carbocycles. The van der Waals surface area contributed by atoms with Gasteiger partial charge in [-0.25, -0.2) is 0 Å². The molecule has 0 saturated carbocycles. The molecule has 0 aliphatic carbocycles. The lowest BCUT2D eigenvalue weighted by atomic mass is 9.84. The predicted molar refractivity (Wildman–Crippen MR) is 93.2 cm³/mol. The van der Waals surface area contributed by atoms with Crippen molar-refractivity contribution in [3.63, 3.8) is 0 Å². The first kappa shape index (κ1) is 14.9. The van der Waals surface area contributed by atoms with Crippen molar-refractivity contribution in [3.8, 4) is 0 Å². The van der Waals surface area contributed by atoms with E-state index in [2.05, 4.69) is 29.2 Å². The van der Waals surface area contributed by atoms with Gasteiger partial charge in [-0.15, -0.1) is 0 Å². The average molecular weight is 307 g/mol. The molecule has 2 fully saturated rings. The van der Waals surface area contributed by atoms with E-state index >= 15 is 0 Å². The third-order valence-corrected chi connectivity index (χ3v) is 5.76. The van der Waals surface area contributed by atoms with Gasteiger partial charge in [0.1, 0.15) is 5.60 Å². The van der Waals surface area contributed by atoms with Crippen LogP contribution >= 0.6 is 0 Å². The standard InChI is InChI=1S/C21H25NO/c23-21(17-8-3-1-4-9-17,18-10-5-2-6-11-18)16-22-19-12-7-13-20(22)15-14-19/h1-6,8-11,19-20,23H,7,12-16H2. The van der Waals surface area contributed by atoms with E-state index in [1.807, 2.05) is 36.4 Å². The van der Waals surface area contributed by atoms with Crippen LogP contribution in [0, 0.1) is 0 Å². The van der Waals surface area contributed by atoms with Gasteiger partial charge in [0.25, 0.3) is 0 Å². The number of rotatable bonds is 4. The van der Waals surface area contributed by atoms with Crippen molar-refractivity contribution in [2.45, 2.75) is 49.8 Å². The Morgan fingerprint density at radius 1 is 0.783 bits per heavy atom. The molecule has 2 aliphatic heterocycles. The summed E-state index contributed by atoms with van der Waals surface area (Å²) in [5.41, 5.74) is 1.06. The summed E-state index contributed by atoms with van der Waals surface area (Å²) in [6.07, 6.45) is 6.52. The number of piperidine rings is 1. The lowest BCUT2D eigenvalue weighted by Crippen LogP contribution is -2.48. The van der Waals surface area contributed by atoms with E-state index in [1.165, 1.54) is 32.1 Å². The van der Waals surface area contributed by atoms with E-state index in [0.29, 0.717) is 18.6 Å². The van der Waals surface area contributed by atoms with E-state index in [1.54, 1.807) is 0 Å². The Hall–Kier alpha value is -1.64. The number of nitrogens with zero attached hydrogens (tertiary/aromatic N) is 1. The molecule has 2 heterocycles. The van der Waals surface area contributed by atoms with Crippen molar-refractivity contribution < 1.29 is 5.11 Å². The Bertz CT molecular complexity index is 584. The van der Waals surface area contributed by atoms with Crippen LogP contribution in [-0.4, -0.2) is 28.6 Å². The summed E-state index contributed by atoms with van der Waals surface area (Å²) >= 11 is 0. The zero-order valence-electron chi connectivity index (χ0n) is 13.6. The van der Waals surface area contributed by atoms with Gasteiger partial charge in [0.05, 0.1) is 0 Å². The van der Waals surface area contributed by atoms with E-state index in [9.17, 15) is 5.11 Å². The van der Waals surface area contributed by atoms with Gasteiger partial charge in [-0.2, -0.15) is 0 Å². The van der Waals surface area contributed by atoms with E-state index in [4.69, 9.17) is 0 Å². The highest BCUT2D eigenvalue weighted by Gasteiger charge is 2.42. The molecule has 2 unspecified atom stereocenters. The molecular formula is C21H25NO. The second-order valence-corrected chi connectivity index (χ2v) is 7.08. The number of hydrogen-bond donors (Lipinski definition) is 1. The van der Waals surface area contributed by atoms with E-state index in [-0.39, 0.29) is 0 Å². The molecule has 0 amide bonds. The summed E-state index contributed by atoms with van der Waals surface area (Å²) in [5, 5.41) is 11.7. The molecule has 2 aromatic rings. The van der Waals surface area contributed by atoms with Crippen molar-refractivity contribution in [2.75, 3.05) is 6.54 Å². The first-order valence-electron chi connectivity index (χ1n) is 8.86. The zero-order valence-corrected chi connectivity index (χ0v) is 13.6. The normalized spacial score (nSPS) is 24.7. The highest BCUT2D eigenvalue weighted by molar-refractivity contribution is 5.36. The number of fused-ring (bicyclic) bond motifs is 2. The third-order valence-electron chi connectivity index (χ3n) is 5.76. The monoisotopic (exact) mass is 307 g/mol. The molecule has 0 radical (unpaired) electrons. The fourth-order valence-corrected chi connectivity index (χ4v) is 4.52. The summed E-state index contributed by atoms with van der Waals surface area (Å²) in [6.45, 7) is 0.705. The Morgan fingerprint density at radius 3 is 1.74 bits per heavy atom. The molecule has 23 heavy (non-hydrogen) atoms. The molecule has 2 saturated heterocycles. The highest BCUT2D eigenvalue weighted by atomic mass is 16.3. The van der Waals surface area contributed by atoms with Gasteiger partial charge in [0.2, 0.25) is 0 Å². The molecule has 120 valence electrons. The van der Waals surface area contributed by atoms with Gasteiger partial charge in [-0.1, -0.05) is 67.1 Å². The Labute approximate surface area is 138 Å². The number of hydrogen-bond acceptors (Lipinski definition) is 2. The number of aliphatic hydroxyl groups is 1. The third kappa shape index (κ3) is 2.71. The largest absolute Gasteiger partial charge is 0.379 e. The van der Waals surface area contributed by atoms with Crippen molar-refractivity contribution in [2.24, 2.45) is 0 Å². The summed E-state index contributed by atoms with van der Waals surface area (Å²) in [7, 11) is 0. The Kier molecular flexibility index (Phi) is 3.96. The fraction of sp³-hybridized carbons (Fsp3) is 0.429. The van der Waals surface area contributed by atoms with Gasteiger partial charge >= 0.3 is 0 Å². The molecule has 0 aromatic heterocycles. The van der Waals surface area contributed by atoms with E-state index in [0.717, 1.165) is 11.1 Å². The summed E-state index contributed by atoms with van der Waals surface area (Å²) in [6, 6.07) is 21.7. The Balaban J connectivity index is 1.71.